The predicted molar refractivity (Wildman–Crippen MR) is 162 cm³/mol. The van der Waals surface area contributed by atoms with E-state index in [-0.39, 0.29) is 10.6 Å². The second kappa shape index (κ2) is 11.0. The SMILES string of the molecule is CCN=c1scc(-c2cccc([N+](=O)[O-])c2)n1N=Cc1c(-c2ccccc2)n(-c2ccccc2)c2ccccc12. The van der Waals surface area contributed by atoms with Crippen molar-refractivity contribution in [2.45, 2.75) is 6.92 Å². The van der Waals surface area contributed by atoms with Crippen LogP contribution in [-0.4, -0.2) is 26.9 Å². The first-order valence-electron chi connectivity index (χ1n) is 12.9. The third-order valence-corrected chi connectivity index (χ3v) is 7.46. The molecular weight excluding hydrogens is 518 g/mol. The van der Waals surface area contributed by atoms with Gasteiger partial charge in [-0.05, 0) is 30.7 Å². The molecule has 7 nitrogen and oxygen atoms in total. The van der Waals surface area contributed by atoms with E-state index in [1.54, 1.807) is 16.8 Å². The monoisotopic (exact) mass is 543 g/mol. The molecule has 0 spiro atoms. The molecule has 0 aliphatic carbocycles. The Morgan fingerprint density at radius 1 is 0.875 bits per heavy atom. The number of non-ortho nitro benzene ring substituents is 1. The van der Waals surface area contributed by atoms with Crippen molar-refractivity contribution in [2.24, 2.45) is 10.1 Å². The highest BCUT2D eigenvalue weighted by Gasteiger charge is 2.19. The van der Waals surface area contributed by atoms with Crippen LogP contribution in [-0.2, 0) is 0 Å². The number of nitro groups is 1. The van der Waals surface area contributed by atoms with Crippen molar-refractivity contribution < 1.29 is 4.92 Å². The van der Waals surface area contributed by atoms with E-state index in [0.29, 0.717) is 16.9 Å². The molecule has 40 heavy (non-hydrogen) atoms. The Labute approximate surface area is 234 Å². The lowest BCUT2D eigenvalue weighted by Crippen LogP contribution is -2.12. The lowest BCUT2D eigenvalue weighted by Gasteiger charge is -2.12. The molecular formula is C32H25N5O2S. The number of hydrogen-bond acceptors (Lipinski definition) is 5. The van der Waals surface area contributed by atoms with Crippen LogP contribution < -0.4 is 4.80 Å². The summed E-state index contributed by atoms with van der Waals surface area (Å²) in [5, 5.41) is 19.4. The number of nitro benzene ring substituents is 1. The van der Waals surface area contributed by atoms with Gasteiger partial charge < -0.3 is 4.57 Å². The number of aromatic nitrogens is 2. The second-order valence-electron chi connectivity index (χ2n) is 9.06. The van der Waals surface area contributed by atoms with Gasteiger partial charge in [-0.15, -0.1) is 11.3 Å². The van der Waals surface area contributed by atoms with Gasteiger partial charge in [0.1, 0.15) is 0 Å². The number of hydrogen-bond donors (Lipinski definition) is 0. The topological polar surface area (TPSA) is 77.7 Å². The van der Waals surface area contributed by atoms with Crippen molar-refractivity contribution in [1.29, 1.82) is 0 Å². The summed E-state index contributed by atoms with van der Waals surface area (Å²) in [7, 11) is 0. The van der Waals surface area contributed by atoms with Gasteiger partial charge in [0, 0.05) is 46.3 Å². The zero-order valence-corrected chi connectivity index (χ0v) is 22.5. The fourth-order valence-electron chi connectivity index (χ4n) is 4.87. The van der Waals surface area contributed by atoms with Gasteiger partial charge in [-0.1, -0.05) is 78.9 Å². The zero-order chi connectivity index (χ0) is 27.5. The van der Waals surface area contributed by atoms with Crippen LogP contribution in [0.4, 0.5) is 5.69 Å². The van der Waals surface area contributed by atoms with Crippen molar-refractivity contribution in [3.8, 4) is 28.2 Å². The highest BCUT2D eigenvalue weighted by atomic mass is 32.1. The molecule has 0 unspecified atom stereocenters. The molecule has 0 N–H and O–H groups in total. The van der Waals surface area contributed by atoms with Gasteiger partial charge in [-0.25, -0.2) is 4.68 Å². The van der Waals surface area contributed by atoms with Crippen LogP contribution in [0.25, 0.3) is 39.1 Å². The Kier molecular flexibility index (Phi) is 6.91. The minimum Gasteiger partial charge on any atom is -0.309 e. The summed E-state index contributed by atoms with van der Waals surface area (Å²) in [6.07, 6.45) is 1.88. The molecule has 0 saturated carbocycles. The maximum Gasteiger partial charge on any atom is 0.270 e. The quantitative estimate of drug-likeness (QED) is 0.118. The smallest absolute Gasteiger partial charge is 0.270 e. The van der Waals surface area contributed by atoms with Crippen molar-refractivity contribution in [3.05, 3.63) is 135 Å². The van der Waals surface area contributed by atoms with Crippen LogP contribution in [0.5, 0.6) is 0 Å². The van der Waals surface area contributed by atoms with E-state index >= 15 is 0 Å². The average Bonchev–Trinajstić information content (AvgIpc) is 3.55. The van der Waals surface area contributed by atoms with Crippen molar-refractivity contribution in [3.63, 3.8) is 0 Å². The lowest BCUT2D eigenvalue weighted by molar-refractivity contribution is -0.384. The van der Waals surface area contributed by atoms with Crippen LogP contribution in [0.3, 0.4) is 0 Å². The molecule has 4 aromatic carbocycles. The largest absolute Gasteiger partial charge is 0.309 e. The van der Waals surface area contributed by atoms with Gasteiger partial charge >= 0.3 is 0 Å². The fourth-order valence-corrected chi connectivity index (χ4v) is 5.77. The summed E-state index contributed by atoms with van der Waals surface area (Å²) < 4.78 is 4.04. The Morgan fingerprint density at radius 3 is 2.33 bits per heavy atom. The number of nitrogens with zero attached hydrogens (tertiary/aromatic N) is 5. The Bertz CT molecular complexity index is 1920. The number of benzene rings is 4. The third-order valence-electron chi connectivity index (χ3n) is 6.61. The van der Waals surface area contributed by atoms with Crippen molar-refractivity contribution in [2.75, 3.05) is 6.54 Å². The minimum atomic E-state index is -0.384. The van der Waals surface area contributed by atoms with E-state index in [9.17, 15) is 10.1 Å². The summed E-state index contributed by atoms with van der Waals surface area (Å²) in [5.41, 5.74) is 6.67. The fraction of sp³-hybridized carbons (Fsp3) is 0.0625. The number of fused-ring (bicyclic) bond motifs is 1. The first-order valence-corrected chi connectivity index (χ1v) is 13.8. The molecule has 0 aliphatic heterocycles. The highest BCUT2D eigenvalue weighted by molar-refractivity contribution is 7.07. The van der Waals surface area contributed by atoms with Crippen LogP contribution in [0.1, 0.15) is 12.5 Å². The Morgan fingerprint density at radius 2 is 1.57 bits per heavy atom. The van der Waals surface area contributed by atoms with E-state index < -0.39 is 0 Å². The summed E-state index contributed by atoms with van der Waals surface area (Å²) in [6.45, 7) is 2.56. The number of thiazole rings is 1. The van der Waals surface area contributed by atoms with Crippen LogP contribution in [0, 0.1) is 10.1 Å². The van der Waals surface area contributed by atoms with Gasteiger partial charge in [-0.3, -0.25) is 15.1 Å². The molecule has 0 saturated heterocycles. The van der Waals surface area contributed by atoms with Crippen molar-refractivity contribution >= 4 is 34.1 Å². The molecule has 0 fully saturated rings. The molecule has 0 bridgehead atoms. The zero-order valence-electron chi connectivity index (χ0n) is 21.7. The summed E-state index contributed by atoms with van der Waals surface area (Å²) >= 11 is 1.46. The molecule has 2 heterocycles. The van der Waals surface area contributed by atoms with Gasteiger partial charge in [0.05, 0.1) is 28.0 Å². The highest BCUT2D eigenvalue weighted by Crippen LogP contribution is 2.35. The van der Waals surface area contributed by atoms with Gasteiger partial charge in [0.2, 0.25) is 4.80 Å². The molecule has 0 radical (unpaired) electrons. The van der Waals surface area contributed by atoms with Crippen LogP contribution >= 0.6 is 11.3 Å². The molecule has 0 amide bonds. The van der Waals surface area contributed by atoms with E-state index in [2.05, 4.69) is 46.0 Å². The number of rotatable bonds is 7. The van der Waals surface area contributed by atoms with Crippen LogP contribution in [0.15, 0.2) is 125 Å². The Hall–Kier alpha value is -5.08. The van der Waals surface area contributed by atoms with E-state index in [1.807, 2.05) is 73.1 Å². The first-order chi connectivity index (χ1) is 19.7. The number of para-hydroxylation sites is 2. The molecule has 2 aromatic heterocycles. The lowest BCUT2D eigenvalue weighted by atomic mass is 10.1. The maximum absolute atomic E-state index is 11.5. The first kappa shape index (κ1) is 25.2. The standard InChI is InChI=1S/C32H25N5O2S/c1-2-33-32-36(30(22-40-32)24-14-11-17-26(20-24)37(38)39)34-21-28-27-18-9-10-19-29(27)35(25-15-7-4-8-16-25)31(28)23-12-5-3-6-13-23/h3-22H,2H2,1H3. The van der Waals surface area contributed by atoms with E-state index in [4.69, 9.17) is 5.10 Å². The second-order valence-corrected chi connectivity index (χ2v) is 9.89. The summed E-state index contributed by atoms with van der Waals surface area (Å²) in [5.74, 6) is 0. The molecule has 8 heteroatoms. The van der Waals surface area contributed by atoms with Gasteiger partial charge in [-0.2, -0.15) is 5.10 Å². The maximum atomic E-state index is 11.5. The normalized spacial score (nSPS) is 12.0. The molecule has 6 aromatic rings. The Balaban J connectivity index is 1.60. The summed E-state index contributed by atoms with van der Waals surface area (Å²) in [4.78, 5) is 16.4. The molecule has 0 aliphatic rings. The minimum absolute atomic E-state index is 0.0329. The predicted octanol–water partition coefficient (Wildman–Crippen LogP) is 7.54. The van der Waals surface area contributed by atoms with Crippen LogP contribution in [0.2, 0.25) is 0 Å². The van der Waals surface area contributed by atoms with E-state index in [0.717, 1.165) is 39.1 Å². The summed E-state index contributed by atoms with van der Waals surface area (Å²) in [6, 6.07) is 35.5. The average molecular weight is 544 g/mol. The third kappa shape index (κ3) is 4.65. The molecule has 6 rings (SSSR count). The molecule has 0 atom stereocenters. The van der Waals surface area contributed by atoms with E-state index in [1.165, 1.54) is 17.4 Å². The van der Waals surface area contributed by atoms with Gasteiger partial charge in [0.15, 0.2) is 0 Å². The van der Waals surface area contributed by atoms with Crippen molar-refractivity contribution in [1.82, 2.24) is 9.24 Å². The van der Waals surface area contributed by atoms with Gasteiger partial charge in [0.25, 0.3) is 5.69 Å². The molecule has 196 valence electrons.